The molecule has 1 aromatic carbocycles. The molecule has 0 radical (unpaired) electrons. The van der Waals surface area contributed by atoms with E-state index in [-0.39, 0.29) is 11.6 Å². The molecule has 1 aromatic rings. The molecule has 23 heavy (non-hydrogen) atoms. The number of hydrogen-bond donors (Lipinski definition) is 2. The standard InChI is InChI=1S/C16H20FN3O3/c1-15(2,3)23-14(21)19-10-5-6-12(17)11(9-10)16(4)7-8-22-13(18)20-16/h5-9H,1-4H3,(H2,18,20)(H,19,21)/t16-/m0/s1. The molecule has 0 aliphatic carbocycles. The fraction of sp³-hybridized carbons (Fsp3) is 0.375. The van der Waals surface area contributed by atoms with Crippen molar-refractivity contribution in [2.24, 2.45) is 10.7 Å². The van der Waals surface area contributed by atoms with E-state index in [0.717, 1.165) is 0 Å². The maximum atomic E-state index is 14.2. The zero-order valence-electron chi connectivity index (χ0n) is 13.5. The Hall–Kier alpha value is -2.57. The number of aliphatic imine (C=N–C) groups is 1. The van der Waals surface area contributed by atoms with Gasteiger partial charge in [0.15, 0.2) is 0 Å². The summed E-state index contributed by atoms with van der Waals surface area (Å²) >= 11 is 0. The van der Waals surface area contributed by atoms with Crippen molar-refractivity contribution in [3.63, 3.8) is 0 Å². The monoisotopic (exact) mass is 321 g/mol. The van der Waals surface area contributed by atoms with Crippen LogP contribution in [0.25, 0.3) is 0 Å². The lowest BCUT2D eigenvalue weighted by atomic mass is 9.91. The van der Waals surface area contributed by atoms with E-state index in [1.807, 2.05) is 0 Å². The summed E-state index contributed by atoms with van der Waals surface area (Å²) in [5.41, 5.74) is 4.56. The number of carbonyl (C=O) groups is 1. The number of anilines is 1. The summed E-state index contributed by atoms with van der Waals surface area (Å²) < 4.78 is 24.3. The Morgan fingerprint density at radius 3 is 2.74 bits per heavy atom. The summed E-state index contributed by atoms with van der Waals surface area (Å²) in [5, 5.41) is 2.57. The van der Waals surface area contributed by atoms with Crippen LogP contribution in [0, 0.1) is 5.82 Å². The number of rotatable bonds is 2. The SMILES string of the molecule is CC(C)(C)OC(=O)Nc1ccc(F)c([C@]2(C)C=COC(N)=N2)c1. The van der Waals surface area contributed by atoms with Crippen molar-refractivity contribution in [1.29, 1.82) is 0 Å². The summed E-state index contributed by atoms with van der Waals surface area (Å²) in [6, 6.07) is 4.14. The molecule has 3 N–H and O–H groups in total. The largest absolute Gasteiger partial charge is 0.444 e. The average Bonchev–Trinajstić information content (AvgIpc) is 2.38. The van der Waals surface area contributed by atoms with Crippen LogP contribution >= 0.6 is 0 Å². The van der Waals surface area contributed by atoms with E-state index >= 15 is 0 Å². The maximum Gasteiger partial charge on any atom is 0.412 e. The van der Waals surface area contributed by atoms with E-state index in [1.165, 1.54) is 24.5 Å². The molecule has 0 fully saturated rings. The van der Waals surface area contributed by atoms with Crippen LogP contribution in [-0.2, 0) is 15.0 Å². The molecule has 1 aliphatic heterocycles. The van der Waals surface area contributed by atoms with Crippen molar-refractivity contribution < 1.29 is 18.7 Å². The van der Waals surface area contributed by atoms with Gasteiger partial charge in [-0.05, 0) is 52.0 Å². The molecule has 1 atom stereocenters. The van der Waals surface area contributed by atoms with Gasteiger partial charge in [-0.1, -0.05) is 0 Å². The lowest BCUT2D eigenvalue weighted by Gasteiger charge is -2.26. The molecule has 1 amide bonds. The lowest BCUT2D eigenvalue weighted by Crippen LogP contribution is -2.29. The summed E-state index contributed by atoms with van der Waals surface area (Å²) in [6.07, 6.45) is 2.32. The second-order valence-electron chi connectivity index (χ2n) is 6.34. The van der Waals surface area contributed by atoms with Crippen molar-refractivity contribution in [2.75, 3.05) is 5.32 Å². The van der Waals surface area contributed by atoms with Gasteiger partial charge in [-0.25, -0.2) is 14.2 Å². The van der Waals surface area contributed by atoms with Crippen molar-refractivity contribution in [3.05, 3.63) is 41.9 Å². The Balaban J connectivity index is 2.28. The quantitative estimate of drug-likeness (QED) is 0.875. The van der Waals surface area contributed by atoms with Crippen molar-refractivity contribution in [1.82, 2.24) is 0 Å². The Morgan fingerprint density at radius 1 is 1.43 bits per heavy atom. The number of ether oxygens (including phenoxy) is 2. The third-order valence-corrected chi connectivity index (χ3v) is 3.08. The van der Waals surface area contributed by atoms with E-state index in [1.54, 1.807) is 33.8 Å². The molecule has 0 bridgehead atoms. The van der Waals surface area contributed by atoms with Crippen LogP contribution in [0.2, 0.25) is 0 Å². The zero-order chi connectivity index (χ0) is 17.3. The summed E-state index contributed by atoms with van der Waals surface area (Å²) in [7, 11) is 0. The summed E-state index contributed by atoms with van der Waals surface area (Å²) in [4.78, 5) is 16.0. The van der Waals surface area contributed by atoms with Gasteiger partial charge in [-0.2, -0.15) is 0 Å². The van der Waals surface area contributed by atoms with E-state index in [9.17, 15) is 9.18 Å². The topological polar surface area (TPSA) is 85.9 Å². The molecule has 124 valence electrons. The number of nitrogens with zero attached hydrogens (tertiary/aromatic N) is 1. The molecule has 0 spiro atoms. The van der Waals surface area contributed by atoms with Crippen molar-refractivity contribution in [2.45, 2.75) is 38.8 Å². The van der Waals surface area contributed by atoms with Crippen LogP contribution in [0.5, 0.6) is 0 Å². The van der Waals surface area contributed by atoms with E-state index in [4.69, 9.17) is 15.2 Å². The predicted molar refractivity (Wildman–Crippen MR) is 85.5 cm³/mol. The van der Waals surface area contributed by atoms with E-state index in [2.05, 4.69) is 10.3 Å². The molecule has 1 aliphatic rings. The van der Waals surface area contributed by atoms with Gasteiger partial charge < -0.3 is 15.2 Å². The summed E-state index contributed by atoms with van der Waals surface area (Å²) in [5.74, 6) is -0.467. The highest BCUT2D eigenvalue weighted by Crippen LogP contribution is 2.33. The molecular formula is C16H20FN3O3. The van der Waals surface area contributed by atoms with Crippen molar-refractivity contribution >= 4 is 17.8 Å². The van der Waals surface area contributed by atoms with Gasteiger partial charge in [0.1, 0.15) is 17.0 Å². The third kappa shape index (κ3) is 4.21. The van der Waals surface area contributed by atoms with Gasteiger partial charge in [0.05, 0.1) is 6.26 Å². The van der Waals surface area contributed by atoms with Gasteiger partial charge in [0, 0.05) is 11.3 Å². The third-order valence-electron chi connectivity index (χ3n) is 3.08. The van der Waals surface area contributed by atoms with Crippen LogP contribution in [-0.4, -0.2) is 17.7 Å². The first-order valence-electron chi connectivity index (χ1n) is 7.09. The Labute approximate surface area is 134 Å². The molecule has 0 saturated heterocycles. The molecule has 0 aromatic heterocycles. The number of halogens is 1. The number of amides is 1. The Kier molecular flexibility index (Phi) is 4.31. The first-order valence-corrected chi connectivity index (χ1v) is 7.09. The average molecular weight is 321 g/mol. The highest BCUT2D eigenvalue weighted by Gasteiger charge is 2.30. The molecule has 0 unspecified atom stereocenters. The van der Waals surface area contributed by atoms with E-state index in [0.29, 0.717) is 5.69 Å². The first-order chi connectivity index (χ1) is 10.6. The lowest BCUT2D eigenvalue weighted by molar-refractivity contribution is 0.0636. The normalized spacial score (nSPS) is 20.5. The second-order valence-corrected chi connectivity index (χ2v) is 6.34. The fourth-order valence-corrected chi connectivity index (χ4v) is 2.09. The van der Waals surface area contributed by atoms with Crippen LogP contribution in [0.1, 0.15) is 33.3 Å². The molecule has 0 saturated carbocycles. The first kappa shape index (κ1) is 16.8. The van der Waals surface area contributed by atoms with Crippen LogP contribution in [0.4, 0.5) is 14.9 Å². The molecule has 2 rings (SSSR count). The smallest absolute Gasteiger partial charge is 0.412 e. The minimum absolute atomic E-state index is 0.0556. The van der Waals surface area contributed by atoms with Crippen LogP contribution < -0.4 is 11.1 Å². The Morgan fingerprint density at radius 2 is 2.13 bits per heavy atom. The number of carbonyl (C=O) groups excluding carboxylic acids is 1. The van der Waals surface area contributed by atoms with Gasteiger partial charge in [0.2, 0.25) is 0 Å². The molecule has 6 nitrogen and oxygen atoms in total. The zero-order valence-corrected chi connectivity index (χ0v) is 13.5. The number of benzene rings is 1. The van der Waals surface area contributed by atoms with Gasteiger partial charge in [-0.15, -0.1) is 0 Å². The molecule has 7 heteroatoms. The predicted octanol–water partition coefficient (Wildman–Crippen LogP) is 3.25. The summed E-state index contributed by atoms with van der Waals surface area (Å²) in [6.45, 7) is 6.96. The molecular weight excluding hydrogens is 301 g/mol. The van der Waals surface area contributed by atoms with E-state index < -0.39 is 23.1 Å². The fourth-order valence-electron chi connectivity index (χ4n) is 2.09. The Bertz CT molecular complexity index is 680. The minimum atomic E-state index is -1.02. The number of nitrogens with one attached hydrogen (secondary N) is 1. The number of nitrogens with two attached hydrogens (primary N) is 1. The highest BCUT2D eigenvalue weighted by atomic mass is 19.1. The van der Waals surface area contributed by atoms with Crippen LogP contribution in [0.15, 0.2) is 35.5 Å². The number of amidine groups is 1. The highest BCUT2D eigenvalue weighted by molar-refractivity contribution is 5.85. The van der Waals surface area contributed by atoms with Crippen LogP contribution in [0.3, 0.4) is 0 Å². The second kappa shape index (κ2) is 5.91. The van der Waals surface area contributed by atoms with Gasteiger partial charge >= 0.3 is 6.09 Å². The van der Waals surface area contributed by atoms with Gasteiger partial charge in [0.25, 0.3) is 6.02 Å². The molecule has 1 heterocycles. The van der Waals surface area contributed by atoms with Crippen molar-refractivity contribution in [3.8, 4) is 0 Å². The van der Waals surface area contributed by atoms with Gasteiger partial charge in [-0.3, -0.25) is 5.32 Å². The maximum absolute atomic E-state index is 14.2. The number of hydrogen-bond acceptors (Lipinski definition) is 5. The minimum Gasteiger partial charge on any atom is -0.444 e.